The molecule has 1 aromatic carbocycles. The van der Waals surface area contributed by atoms with Crippen molar-refractivity contribution < 1.29 is 18.7 Å². The highest BCUT2D eigenvalue weighted by atomic mass is 32.2. The van der Waals surface area contributed by atoms with Gasteiger partial charge in [-0.05, 0) is 30.0 Å². The van der Waals surface area contributed by atoms with Crippen LogP contribution in [-0.2, 0) is 4.79 Å². The smallest absolute Gasteiger partial charge is 0.290 e. The molecular weight excluding hydrogens is 316 g/mol. The van der Waals surface area contributed by atoms with Gasteiger partial charge in [0.2, 0.25) is 0 Å². The highest BCUT2D eigenvalue weighted by Gasteiger charge is 2.25. The second-order valence-electron chi connectivity index (χ2n) is 4.93. The van der Waals surface area contributed by atoms with Crippen molar-refractivity contribution in [3.63, 3.8) is 0 Å². The molecule has 3 heterocycles. The van der Waals surface area contributed by atoms with E-state index in [-0.39, 0.29) is 5.24 Å². The zero-order valence-corrected chi connectivity index (χ0v) is 12.8. The quantitative estimate of drug-likeness (QED) is 0.728. The average Bonchev–Trinajstić information content (AvgIpc) is 3.09. The number of benzene rings is 1. The van der Waals surface area contributed by atoms with E-state index in [9.17, 15) is 9.59 Å². The van der Waals surface area contributed by atoms with Gasteiger partial charge in [-0.15, -0.1) is 0 Å². The molecule has 1 aliphatic heterocycles. The predicted octanol–water partition coefficient (Wildman–Crippen LogP) is 3.31. The molecule has 0 aliphatic carbocycles. The topological polar surface area (TPSA) is 81.4 Å². The van der Waals surface area contributed by atoms with Gasteiger partial charge in [0.05, 0.1) is 17.5 Å². The van der Waals surface area contributed by atoms with Crippen LogP contribution in [0.2, 0.25) is 0 Å². The summed E-state index contributed by atoms with van der Waals surface area (Å²) in [5.74, 6) is 0.807. The van der Waals surface area contributed by atoms with Crippen molar-refractivity contribution in [1.29, 1.82) is 0 Å². The molecule has 1 fully saturated rings. The first-order valence-corrected chi connectivity index (χ1v) is 7.57. The molecule has 1 aliphatic rings. The summed E-state index contributed by atoms with van der Waals surface area (Å²) < 4.78 is 11.0. The van der Waals surface area contributed by atoms with E-state index in [4.69, 9.17) is 9.15 Å². The van der Waals surface area contributed by atoms with Crippen LogP contribution in [0.15, 0.2) is 39.8 Å². The Hall–Kier alpha value is -2.80. The van der Waals surface area contributed by atoms with Gasteiger partial charge in [0.1, 0.15) is 17.1 Å². The zero-order valence-electron chi connectivity index (χ0n) is 12.0. The van der Waals surface area contributed by atoms with Gasteiger partial charge in [-0.2, -0.15) is 0 Å². The number of fused-ring (bicyclic) bond motifs is 3. The molecule has 0 atom stereocenters. The number of furan rings is 1. The number of carbonyl (C=O) groups excluding carboxylic acids is 2. The monoisotopic (exact) mass is 326 g/mol. The van der Waals surface area contributed by atoms with Gasteiger partial charge in [0.25, 0.3) is 11.1 Å². The number of amides is 2. The third kappa shape index (κ3) is 2.35. The summed E-state index contributed by atoms with van der Waals surface area (Å²) in [6.07, 6.45) is 3.26. The van der Waals surface area contributed by atoms with Gasteiger partial charge in [-0.25, -0.2) is 0 Å². The molecule has 2 amide bonds. The van der Waals surface area contributed by atoms with Crippen molar-refractivity contribution in [3.8, 4) is 5.75 Å². The van der Waals surface area contributed by atoms with Crippen molar-refractivity contribution in [3.05, 3.63) is 41.1 Å². The van der Waals surface area contributed by atoms with Crippen LogP contribution >= 0.6 is 11.8 Å². The number of nitrogens with zero attached hydrogens (tertiary/aromatic N) is 1. The lowest BCUT2D eigenvalue weighted by molar-refractivity contribution is -0.115. The number of carbonyl (C=O) groups is 2. The fourth-order valence-corrected chi connectivity index (χ4v) is 3.09. The van der Waals surface area contributed by atoms with E-state index in [0.29, 0.717) is 16.2 Å². The number of thioether (sulfide) groups is 1. The largest absolute Gasteiger partial charge is 0.497 e. The predicted molar refractivity (Wildman–Crippen MR) is 87.2 cm³/mol. The van der Waals surface area contributed by atoms with Crippen LogP contribution < -0.4 is 10.1 Å². The molecule has 0 spiro atoms. The molecule has 1 saturated heterocycles. The minimum absolute atomic E-state index is 0.313. The Morgan fingerprint density at radius 1 is 1.30 bits per heavy atom. The van der Waals surface area contributed by atoms with Gasteiger partial charge in [0, 0.05) is 29.1 Å². The minimum atomic E-state index is -0.409. The second-order valence-corrected chi connectivity index (χ2v) is 5.94. The maximum Gasteiger partial charge on any atom is 0.290 e. The highest BCUT2D eigenvalue weighted by molar-refractivity contribution is 8.18. The SMILES string of the molecule is COc1ccc2c(c1)ncc1cc(/C=C3\SC(=O)NC3=O)oc12. The lowest BCUT2D eigenvalue weighted by Crippen LogP contribution is -2.17. The third-order valence-corrected chi connectivity index (χ3v) is 4.30. The van der Waals surface area contributed by atoms with Crippen molar-refractivity contribution in [2.75, 3.05) is 7.11 Å². The normalized spacial score (nSPS) is 16.5. The second kappa shape index (κ2) is 5.13. The molecule has 7 heteroatoms. The van der Waals surface area contributed by atoms with E-state index in [1.807, 2.05) is 18.2 Å². The average molecular weight is 326 g/mol. The fourth-order valence-electron chi connectivity index (χ4n) is 2.43. The number of aromatic nitrogens is 1. The Morgan fingerprint density at radius 3 is 2.91 bits per heavy atom. The summed E-state index contributed by atoms with van der Waals surface area (Å²) in [4.78, 5) is 27.5. The van der Waals surface area contributed by atoms with Crippen molar-refractivity contribution >= 4 is 50.9 Å². The summed E-state index contributed by atoms with van der Waals surface area (Å²) in [5.41, 5.74) is 1.44. The molecule has 23 heavy (non-hydrogen) atoms. The minimum Gasteiger partial charge on any atom is -0.497 e. The number of rotatable bonds is 2. The van der Waals surface area contributed by atoms with E-state index < -0.39 is 5.91 Å². The summed E-state index contributed by atoms with van der Waals surface area (Å²) in [7, 11) is 1.60. The van der Waals surface area contributed by atoms with Gasteiger partial charge in [0.15, 0.2) is 0 Å². The van der Waals surface area contributed by atoms with Crippen LogP contribution in [0.3, 0.4) is 0 Å². The molecular formula is C16H10N2O4S. The van der Waals surface area contributed by atoms with Gasteiger partial charge >= 0.3 is 0 Å². The summed E-state index contributed by atoms with van der Waals surface area (Å²) >= 11 is 0.856. The number of pyridine rings is 1. The molecule has 6 nitrogen and oxygen atoms in total. The highest BCUT2D eigenvalue weighted by Crippen LogP contribution is 2.31. The first kappa shape index (κ1) is 13.8. The van der Waals surface area contributed by atoms with Crippen LogP contribution in [-0.4, -0.2) is 23.2 Å². The van der Waals surface area contributed by atoms with Crippen LogP contribution in [0.25, 0.3) is 27.9 Å². The molecule has 0 radical (unpaired) electrons. The van der Waals surface area contributed by atoms with Gasteiger partial charge in [-0.1, -0.05) is 0 Å². The third-order valence-electron chi connectivity index (χ3n) is 3.49. The Labute approximate surface area is 134 Å². The van der Waals surface area contributed by atoms with E-state index in [0.717, 1.165) is 33.8 Å². The number of nitrogens with one attached hydrogen (secondary N) is 1. The Bertz CT molecular complexity index is 1010. The molecule has 0 unspecified atom stereocenters. The fraction of sp³-hybridized carbons (Fsp3) is 0.0625. The first-order valence-electron chi connectivity index (χ1n) is 6.75. The van der Waals surface area contributed by atoms with Gasteiger partial charge < -0.3 is 9.15 Å². The summed E-state index contributed by atoms with van der Waals surface area (Å²) in [5, 5.41) is 3.51. The van der Waals surface area contributed by atoms with Crippen LogP contribution in [0, 0.1) is 0 Å². The van der Waals surface area contributed by atoms with E-state index >= 15 is 0 Å². The van der Waals surface area contributed by atoms with Crippen molar-refractivity contribution in [2.24, 2.45) is 0 Å². The zero-order chi connectivity index (χ0) is 16.0. The lowest BCUT2D eigenvalue weighted by atomic mass is 10.1. The Morgan fingerprint density at radius 2 is 2.17 bits per heavy atom. The van der Waals surface area contributed by atoms with Crippen molar-refractivity contribution in [2.45, 2.75) is 0 Å². The molecule has 3 aromatic rings. The Kier molecular flexibility index (Phi) is 3.09. The maximum absolute atomic E-state index is 11.6. The molecule has 0 bridgehead atoms. The van der Waals surface area contributed by atoms with Gasteiger partial charge in [-0.3, -0.25) is 19.9 Å². The van der Waals surface area contributed by atoms with E-state index in [2.05, 4.69) is 10.3 Å². The molecule has 4 rings (SSSR count). The van der Waals surface area contributed by atoms with Crippen molar-refractivity contribution in [1.82, 2.24) is 10.3 Å². The molecule has 114 valence electrons. The number of hydrogen-bond donors (Lipinski definition) is 1. The van der Waals surface area contributed by atoms with Crippen LogP contribution in [0.1, 0.15) is 5.76 Å². The van der Waals surface area contributed by atoms with Crippen LogP contribution in [0.5, 0.6) is 5.75 Å². The van der Waals surface area contributed by atoms with Crippen LogP contribution in [0.4, 0.5) is 4.79 Å². The summed E-state index contributed by atoms with van der Waals surface area (Å²) in [6, 6.07) is 7.33. The molecule has 0 saturated carbocycles. The number of hydrogen-bond acceptors (Lipinski definition) is 6. The number of ether oxygens (including phenoxy) is 1. The Balaban J connectivity index is 1.84. The molecule has 2 aromatic heterocycles. The first-order chi connectivity index (χ1) is 11.1. The number of methoxy groups -OCH3 is 1. The number of imide groups is 1. The maximum atomic E-state index is 11.6. The standard InChI is InChI=1S/C16H10N2O4S/c1-21-9-2-3-11-12(5-9)17-7-8-4-10(22-14(8)11)6-13-15(19)18-16(20)23-13/h2-7H,1H3,(H,18,19,20)/b13-6-. The summed E-state index contributed by atoms with van der Waals surface area (Å²) in [6.45, 7) is 0. The molecule has 1 N–H and O–H groups in total. The van der Waals surface area contributed by atoms with E-state index in [1.54, 1.807) is 25.4 Å². The lowest BCUT2D eigenvalue weighted by Gasteiger charge is -2.01. The van der Waals surface area contributed by atoms with E-state index in [1.165, 1.54) is 0 Å².